The number of benzene rings is 1. The van der Waals surface area contributed by atoms with Crippen LogP contribution in [0.4, 0.5) is 10.1 Å². The van der Waals surface area contributed by atoms with Crippen molar-refractivity contribution in [3.63, 3.8) is 0 Å². The first-order chi connectivity index (χ1) is 12.5. The molecule has 26 heavy (non-hydrogen) atoms. The lowest BCUT2D eigenvalue weighted by Gasteiger charge is -2.40. The molecule has 1 aliphatic heterocycles. The number of para-hydroxylation sites is 1. The summed E-state index contributed by atoms with van der Waals surface area (Å²) in [5, 5.41) is 12.6. The molecule has 2 heterocycles. The lowest BCUT2D eigenvalue weighted by Crippen LogP contribution is -2.48. The maximum absolute atomic E-state index is 14.1. The lowest BCUT2D eigenvalue weighted by molar-refractivity contribution is 0.158. The number of piperazine rings is 1. The average Bonchev–Trinajstić information content (AvgIpc) is 3.14. The summed E-state index contributed by atoms with van der Waals surface area (Å²) in [5.41, 5.74) is 0.582. The lowest BCUT2D eigenvalue weighted by atomic mass is 10.0. The van der Waals surface area contributed by atoms with Crippen LogP contribution in [-0.4, -0.2) is 51.3 Å². The molecule has 1 aromatic heterocycles. The third-order valence-corrected chi connectivity index (χ3v) is 5.57. The monoisotopic (exact) mass is 360 g/mol. The van der Waals surface area contributed by atoms with E-state index < -0.39 is 0 Å². The number of tetrazole rings is 1. The molecule has 3 rings (SSSR count). The Kier molecular flexibility index (Phi) is 5.55. The van der Waals surface area contributed by atoms with Crippen LogP contribution in [-0.2, 0) is 5.54 Å². The molecule has 0 saturated carbocycles. The van der Waals surface area contributed by atoms with Crippen LogP contribution in [0.5, 0.6) is 0 Å². The van der Waals surface area contributed by atoms with Gasteiger partial charge in [-0.25, -0.2) is 9.07 Å². The molecule has 0 spiro atoms. The second-order valence-corrected chi connectivity index (χ2v) is 7.51. The molecule has 7 heteroatoms. The molecule has 0 N–H and O–H groups in total. The third kappa shape index (κ3) is 3.58. The largest absolute Gasteiger partial charge is 0.367 e. The Labute approximate surface area is 155 Å². The van der Waals surface area contributed by atoms with Gasteiger partial charge in [-0.05, 0) is 49.2 Å². The summed E-state index contributed by atoms with van der Waals surface area (Å²) in [7, 11) is 0. The fourth-order valence-corrected chi connectivity index (χ4v) is 3.57. The molecule has 0 unspecified atom stereocenters. The fraction of sp³-hybridized carbons (Fsp3) is 0.632. The van der Waals surface area contributed by atoms with Crippen LogP contribution in [0.25, 0.3) is 0 Å². The van der Waals surface area contributed by atoms with Crippen LogP contribution in [0.2, 0.25) is 0 Å². The van der Waals surface area contributed by atoms with Crippen molar-refractivity contribution >= 4 is 5.69 Å². The summed E-state index contributed by atoms with van der Waals surface area (Å²) >= 11 is 0. The standard InChI is InChI=1S/C19H29FN6/c1-5-16(18-21-22-23-26(18)19(3,4)6-2)24-11-13-25(14-12-24)17-10-8-7-9-15(17)20/h7-10,16H,5-6,11-14H2,1-4H3/t16-/m0/s1. The van der Waals surface area contributed by atoms with Gasteiger partial charge < -0.3 is 4.90 Å². The van der Waals surface area contributed by atoms with Gasteiger partial charge in [0, 0.05) is 26.2 Å². The molecule has 2 aromatic rings. The summed E-state index contributed by atoms with van der Waals surface area (Å²) in [5.74, 6) is 0.778. The predicted octanol–water partition coefficient (Wildman–Crippen LogP) is 3.23. The van der Waals surface area contributed by atoms with Gasteiger partial charge in [0.25, 0.3) is 0 Å². The van der Waals surface area contributed by atoms with Gasteiger partial charge >= 0.3 is 0 Å². The van der Waals surface area contributed by atoms with E-state index in [1.165, 1.54) is 6.07 Å². The van der Waals surface area contributed by atoms with Crippen LogP contribution in [0.15, 0.2) is 24.3 Å². The van der Waals surface area contributed by atoms with E-state index in [9.17, 15) is 4.39 Å². The molecule has 0 bridgehead atoms. The Balaban J connectivity index is 1.74. The topological polar surface area (TPSA) is 50.1 Å². The van der Waals surface area contributed by atoms with Gasteiger partial charge in [-0.1, -0.05) is 26.0 Å². The van der Waals surface area contributed by atoms with E-state index in [1.54, 1.807) is 6.07 Å². The summed E-state index contributed by atoms with van der Waals surface area (Å²) < 4.78 is 16.0. The van der Waals surface area contributed by atoms with E-state index in [-0.39, 0.29) is 17.4 Å². The molecule has 0 radical (unpaired) electrons. The fourth-order valence-electron chi connectivity index (χ4n) is 3.57. The molecule has 1 atom stereocenters. The quantitative estimate of drug-likeness (QED) is 0.792. The molecule has 6 nitrogen and oxygen atoms in total. The highest BCUT2D eigenvalue weighted by Crippen LogP contribution is 2.29. The highest BCUT2D eigenvalue weighted by Gasteiger charge is 2.32. The number of rotatable bonds is 6. The number of anilines is 1. The van der Waals surface area contributed by atoms with Crippen LogP contribution in [0, 0.1) is 5.82 Å². The Hall–Kier alpha value is -2.02. The zero-order valence-electron chi connectivity index (χ0n) is 16.2. The van der Waals surface area contributed by atoms with E-state index in [0.29, 0.717) is 5.69 Å². The normalized spacial score (nSPS) is 17.5. The van der Waals surface area contributed by atoms with Crippen LogP contribution in [0.3, 0.4) is 0 Å². The Morgan fingerprint density at radius 3 is 2.42 bits per heavy atom. The second kappa shape index (κ2) is 7.70. The van der Waals surface area contributed by atoms with E-state index in [1.807, 2.05) is 16.8 Å². The van der Waals surface area contributed by atoms with Crippen molar-refractivity contribution in [2.75, 3.05) is 31.1 Å². The van der Waals surface area contributed by atoms with Crippen molar-refractivity contribution in [2.45, 2.75) is 52.1 Å². The Bertz CT molecular complexity index is 720. The molecule has 142 valence electrons. The van der Waals surface area contributed by atoms with Crippen molar-refractivity contribution < 1.29 is 4.39 Å². The number of hydrogen-bond acceptors (Lipinski definition) is 5. The van der Waals surface area contributed by atoms with Gasteiger partial charge in [-0.3, -0.25) is 4.90 Å². The van der Waals surface area contributed by atoms with E-state index >= 15 is 0 Å². The average molecular weight is 360 g/mol. The molecule has 0 amide bonds. The maximum atomic E-state index is 14.1. The predicted molar refractivity (Wildman–Crippen MR) is 101 cm³/mol. The molecule has 0 aliphatic carbocycles. The summed E-state index contributed by atoms with van der Waals surface area (Å²) in [6.45, 7) is 12.0. The SMILES string of the molecule is CC[C@@H](c1nnnn1C(C)(C)CC)N1CCN(c2ccccc2F)CC1. The van der Waals surface area contributed by atoms with Gasteiger partial charge in [0.15, 0.2) is 5.82 Å². The Morgan fingerprint density at radius 2 is 1.81 bits per heavy atom. The van der Waals surface area contributed by atoms with Crippen molar-refractivity contribution in [3.8, 4) is 0 Å². The zero-order valence-corrected chi connectivity index (χ0v) is 16.2. The Morgan fingerprint density at radius 1 is 1.12 bits per heavy atom. The first-order valence-electron chi connectivity index (χ1n) is 9.50. The van der Waals surface area contributed by atoms with Crippen molar-refractivity contribution in [1.82, 2.24) is 25.1 Å². The van der Waals surface area contributed by atoms with Crippen molar-refractivity contribution in [3.05, 3.63) is 35.9 Å². The molecule has 1 aliphatic rings. The number of hydrogen-bond donors (Lipinski definition) is 0. The van der Waals surface area contributed by atoms with E-state index in [4.69, 9.17) is 0 Å². The first kappa shape index (κ1) is 18.8. The van der Waals surface area contributed by atoms with Gasteiger partial charge in [0.05, 0.1) is 17.3 Å². The minimum absolute atomic E-state index is 0.110. The first-order valence-corrected chi connectivity index (χ1v) is 9.50. The van der Waals surface area contributed by atoms with Gasteiger partial charge in [0.2, 0.25) is 0 Å². The van der Waals surface area contributed by atoms with Gasteiger partial charge in [-0.15, -0.1) is 5.10 Å². The number of nitrogens with zero attached hydrogens (tertiary/aromatic N) is 6. The van der Waals surface area contributed by atoms with Gasteiger partial charge in [0.1, 0.15) is 5.82 Å². The summed E-state index contributed by atoms with van der Waals surface area (Å²) in [6, 6.07) is 7.18. The smallest absolute Gasteiger partial charge is 0.168 e. The van der Waals surface area contributed by atoms with Crippen LogP contribution >= 0.6 is 0 Å². The minimum atomic E-state index is -0.151. The maximum Gasteiger partial charge on any atom is 0.168 e. The minimum Gasteiger partial charge on any atom is -0.367 e. The van der Waals surface area contributed by atoms with Crippen molar-refractivity contribution in [1.29, 1.82) is 0 Å². The second-order valence-electron chi connectivity index (χ2n) is 7.51. The molecular weight excluding hydrogens is 331 g/mol. The molecule has 1 fully saturated rings. The number of halogens is 1. The highest BCUT2D eigenvalue weighted by molar-refractivity contribution is 5.48. The summed E-state index contributed by atoms with van der Waals surface area (Å²) in [6.07, 6.45) is 1.91. The molecule has 1 saturated heterocycles. The third-order valence-electron chi connectivity index (χ3n) is 5.57. The zero-order chi connectivity index (χ0) is 18.7. The summed E-state index contributed by atoms with van der Waals surface area (Å²) in [4.78, 5) is 4.54. The van der Waals surface area contributed by atoms with E-state index in [2.05, 4.69) is 53.0 Å². The number of aromatic nitrogens is 4. The molecular formula is C19H29FN6. The van der Waals surface area contributed by atoms with E-state index in [0.717, 1.165) is 44.8 Å². The molecule has 1 aromatic carbocycles. The van der Waals surface area contributed by atoms with Crippen molar-refractivity contribution in [2.24, 2.45) is 0 Å². The van der Waals surface area contributed by atoms with Gasteiger partial charge in [-0.2, -0.15) is 0 Å². The highest BCUT2D eigenvalue weighted by atomic mass is 19.1. The van der Waals surface area contributed by atoms with Crippen LogP contribution in [0.1, 0.15) is 52.4 Å². The van der Waals surface area contributed by atoms with Crippen LogP contribution < -0.4 is 4.90 Å².